The Morgan fingerprint density at radius 3 is 2.75 bits per heavy atom. The van der Waals surface area contributed by atoms with Crippen molar-refractivity contribution in [3.63, 3.8) is 0 Å². The summed E-state index contributed by atoms with van der Waals surface area (Å²) in [6, 6.07) is 5.35. The molecule has 2 N–H and O–H groups in total. The Labute approximate surface area is 166 Å². The molecule has 0 saturated carbocycles. The van der Waals surface area contributed by atoms with Crippen LogP contribution in [0.3, 0.4) is 0 Å². The van der Waals surface area contributed by atoms with E-state index in [-0.39, 0.29) is 24.4 Å². The zero-order valence-corrected chi connectivity index (χ0v) is 16.9. The summed E-state index contributed by atoms with van der Waals surface area (Å²) in [6.45, 7) is 5.32. The molecule has 0 spiro atoms. The van der Waals surface area contributed by atoms with Crippen molar-refractivity contribution >= 4 is 17.6 Å². The minimum atomic E-state index is -0.216. The van der Waals surface area contributed by atoms with E-state index < -0.39 is 0 Å². The van der Waals surface area contributed by atoms with Gasteiger partial charge in [-0.3, -0.25) is 9.69 Å². The van der Waals surface area contributed by atoms with Crippen LogP contribution in [0.4, 0.5) is 10.5 Å². The average Bonchev–Trinajstić information content (AvgIpc) is 3.31. The number of methoxy groups -OCH3 is 2. The van der Waals surface area contributed by atoms with Crippen LogP contribution in [0.2, 0.25) is 0 Å². The molecule has 154 valence electrons. The van der Waals surface area contributed by atoms with Gasteiger partial charge in [-0.25, -0.2) is 4.79 Å². The molecule has 1 aromatic carbocycles. The van der Waals surface area contributed by atoms with E-state index in [0.29, 0.717) is 30.6 Å². The summed E-state index contributed by atoms with van der Waals surface area (Å²) < 4.78 is 10.6. The lowest BCUT2D eigenvalue weighted by Gasteiger charge is -2.23. The van der Waals surface area contributed by atoms with Gasteiger partial charge in [0.05, 0.1) is 20.3 Å². The van der Waals surface area contributed by atoms with Gasteiger partial charge in [0, 0.05) is 37.3 Å². The van der Waals surface area contributed by atoms with Crippen molar-refractivity contribution in [3.8, 4) is 11.5 Å². The van der Waals surface area contributed by atoms with Crippen LogP contribution in [-0.4, -0.2) is 69.3 Å². The van der Waals surface area contributed by atoms with Crippen molar-refractivity contribution < 1.29 is 19.1 Å². The molecule has 28 heavy (non-hydrogen) atoms. The molecule has 0 aliphatic carbocycles. The third-order valence-electron chi connectivity index (χ3n) is 5.54. The van der Waals surface area contributed by atoms with Crippen LogP contribution in [0.1, 0.15) is 26.2 Å². The minimum Gasteiger partial charge on any atom is -0.493 e. The second-order valence-corrected chi connectivity index (χ2v) is 7.22. The van der Waals surface area contributed by atoms with Gasteiger partial charge < -0.3 is 25.0 Å². The number of hydrogen-bond donors (Lipinski definition) is 2. The van der Waals surface area contributed by atoms with Crippen LogP contribution in [0.15, 0.2) is 18.2 Å². The molecule has 2 atom stereocenters. The summed E-state index contributed by atoms with van der Waals surface area (Å²) in [5.41, 5.74) is 0.733. The van der Waals surface area contributed by atoms with Crippen molar-refractivity contribution in [3.05, 3.63) is 18.2 Å². The summed E-state index contributed by atoms with van der Waals surface area (Å²) in [4.78, 5) is 28.8. The second kappa shape index (κ2) is 9.14. The maximum Gasteiger partial charge on any atom is 0.315 e. The number of urea groups is 1. The summed E-state index contributed by atoms with van der Waals surface area (Å²) in [5, 5.41) is 5.89. The molecule has 8 nitrogen and oxygen atoms in total. The van der Waals surface area contributed by atoms with Crippen molar-refractivity contribution in [2.45, 2.75) is 38.3 Å². The summed E-state index contributed by atoms with van der Waals surface area (Å²) >= 11 is 0. The standard InChI is InChI=1S/C20H30N4O4/c1-4-23-9-5-6-16(23)12-21-20(26)22-14-10-19(25)24(13-14)15-7-8-17(27-2)18(11-15)28-3/h7-8,11,14,16H,4-6,9-10,12-13H2,1-3H3,(H2,21,22,26)/t14-,16-/m1/s1. The Morgan fingerprint density at radius 1 is 1.25 bits per heavy atom. The fourth-order valence-corrected chi connectivity index (χ4v) is 4.04. The predicted molar refractivity (Wildman–Crippen MR) is 107 cm³/mol. The Bertz CT molecular complexity index is 711. The molecule has 2 saturated heterocycles. The highest BCUT2D eigenvalue weighted by Crippen LogP contribution is 2.33. The van der Waals surface area contributed by atoms with E-state index in [1.165, 1.54) is 6.42 Å². The second-order valence-electron chi connectivity index (χ2n) is 7.22. The molecule has 0 unspecified atom stereocenters. The lowest BCUT2D eigenvalue weighted by molar-refractivity contribution is -0.117. The van der Waals surface area contributed by atoms with Gasteiger partial charge in [-0.15, -0.1) is 0 Å². The first-order chi connectivity index (χ1) is 13.5. The van der Waals surface area contributed by atoms with E-state index in [4.69, 9.17) is 9.47 Å². The third kappa shape index (κ3) is 4.49. The zero-order valence-electron chi connectivity index (χ0n) is 16.9. The Morgan fingerprint density at radius 2 is 2.04 bits per heavy atom. The number of likely N-dealkylation sites (tertiary alicyclic amines) is 1. The van der Waals surface area contributed by atoms with Crippen LogP contribution in [0, 0.1) is 0 Å². The summed E-state index contributed by atoms with van der Waals surface area (Å²) in [5.74, 6) is 1.16. The highest BCUT2D eigenvalue weighted by atomic mass is 16.5. The average molecular weight is 390 g/mol. The quantitative estimate of drug-likeness (QED) is 0.739. The molecular weight excluding hydrogens is 360 g/mol. The Kier molecular flexibility index (Phi) is 6.61. The number of likely N-dealkylation sites (N-methyl/N-ethyl adjacent to an activating group) is 1. The Balaban J connectivity index is 1.53. The predicted octanol–water partition coefficient (Wildman–Crippen LogP) is 1.59. The number of rotatable bonds is 7. The lowest BCUT2D eigenvalue weighted by Crippen LogP contribution is -2.47. The van der Waals surface area contributed by atoms with Gasteiger partial charge >= 0.3 is 6.03 Å². The number of benzene rings is 1. The summed E-state index contributed by atoms with van der Waals surface area (Å²) in [6.07, 6.45) is 2.58. The molecule has 2 aliphatic heterocycles. The SMILES string of the molecule is CCN1CCC[C@@H]1CNC(=O)N[C@@H]1CC(=O)N(c2ccc(OC)c(OC)c2)C1. The van der Waals surface area contributed by atoms with E-state index in [1.54, 1.807) is 31.3 Å². The van der Waals surface area contributed by atoms with E-state index in [0.717, 1.165) is 25.2 Å². The van der Waals surface area contributed by atoms with E-state index in [9.17, 15) is 9.59 Å². The van der Waals surface area contributed by atoms with Gasteiger partial charge in [0.25, 0.3) is 0 Å². The molecular formula is C20H30N4O4. The van der Waals surface area contributed by atoms with Gasteiger partial charge in [-0.2, -0.15) is 0 Å². The topological polar surface area (TPSA) is 83.1 Å². The fraction of sp³-hybridized carbons (Fsp3) is 0.600. The molecule has 0 aromatic heterocycles. The molecule has 3 rings (SSSR count). The van der Waals surface area contributed by atoms with E-state index in [1.807, 2.05) is 6.07 Å². The Hall–Kier alpha value is -2.48. The maximum atomic E-state index is 12.4. The van der Waals surface area contributed by atoms with Crippen molar-refractivity contribution in [2.24, 2.45) is 0 Å². The van der Waals surface area contributed by atoms with Crippen molar-refractivity contribution in [1.29, 1.82) is 0 Å². The molecule has 0 bridgehead atoms. The van der Waals surface area contributed by atoms with Gasteiger partial charge in [-0.1, -0.05) is 6.92 Å². The number of amides is 3. The monoisotopic (exact) mass is 390 g/mol. The number of anilines is 1. The van der Waals surface area contributed by atoms with Crippen LogP contribution in [0.25, 0.3) is 0 Å². The van der Waals surface area contributed by atoms with Gasteiger partial charge in [0.1, 0.15) is 0 Å². The first-order valence-electron chi connectivity index (χ1n) is 9.86. The van der Waals surface area contributed by atoms with Gasteiger partial charge in [-0.05, 0) is 38.1 Å². The molecule has 2 fully saturated rings. The number of ether oxygens (including phenoxy) is 2. The zero-order chi connectivity index (χ0) is 20.1. The first-order valence-corrected chi connectivity index (χ1v) is 9.86. The number of carbonyl (C=O) groups excluding carboxylic acids is 2. The molecule has 8 heteroatoms. The molecule has 0 radical (unpaired) electrons. The number of hydrogen-bond acceptors (Lipinski definition) is 5. The summed E-state index contributed by atoms with van der Waals surface area (Å²) in [7, 11) is 3.13. The molecule has 2 aliphatic rings. The van der Waals surface area contributed by atoms with E-state index >= 15 is 0 Å². The van der Waals surface area contributed by atoms with Crippen LogP contribution >= 0.6 is 0 Å². The molecule has 1 aromatic rings. The van der Waals surface area contributed by atoms with Gasteiger partial charge in [0.15, 0.2) is 11.5 Å². The van der Waals surface area contributed by atoms with Crippen molar-refractivity contribution in [2.75, 3.05) is 45.3 Å². The van der Waals surface area contributed by atoms with Crippen LogP contribution < -0.4 is 25.0 Å². The normalized spacial score (nSPS) is 22.4. The number of carbonyl (C=O) groups is 2. The number of nitrogens with one attached hydrogen (secondary N) is 2. The smallest absolute Gasteiger partial charge is 0.315 e. The third-order valence-corrected chi connectivity index (χ3v) is 5.54. The van der Waals surface area contributed by atoms with Crippen molar-refractivity contribution in [1.82, 2.24) is 15.5 Å². The maximum absolute atomic E-state index is 12.4. The first kappa shape index (κ1) is 20.3. The largest absolute Gasteiger partial charge is 0.493 e. The minimum absolute atomic E-state index is 0.0227. The highest BCUT2D eigenvalue weighted by Gasteiger charge is 2.32. The fourth-order valence-electron chi connectivity index (χ4n) is 4.04. The lowest BCUT2D eigenvalue weighted by atomic mass is 10.2. The molecule has 2 heterocycles. The van der Waals surface area contributed by atoms with Gasteiger partial charge in [0.2, 0.25) is 5.91 Å². The van der Waals surface area contributed by atoms with Crippen LogP contribution in [0.5, 0.6) is 11.5 Å². The van der Waals surface area contributed by atoms with Crippen LogP contribution in [-0.2, 0) is 4.79 Å². The number of nitrogens with zero attached hydrogens (tertiary/aromatic N) is 2. The van der Waals surface area contributed by atoms with E-state index in [2.05, 4.69) is 22.5 Å². The highest BCUT2D eigenvalue weighted by molar-refractivity contribution is 5.97. The molecule has 3 amide bonds.